The third-order valence-corrected chi connectivity index (χ3v) is 3.35. The van der Waals surface area contributed by atoms with E-state index in [0.717, 1.165) is 25.7 Å². The molecule has 4 heteroatoms. The van der Waals surface area contributed by atoms with Crippen molar-refractivity contribution >= 4 is 11.7 Å². The Balaban J connectivity index is 1.78. The number of nitrogens with two attached hydrogens (primary N) is 1. The molecule has 0 unspecified atom stereocenters. The molecule has 1 heterocycles. The van der Waals surface area contributed by atoms with Gasteiger partial charge in [-0.25, -0.2) is 4.79 Å². The largest absolute Gasteiger partial charge is 0.458 e. The van der Waals surface area contributed by atoms with E-state index in [1.807, 2.05) is 10.8 Å². The molecule has 2 N–H and O–H groups in total. The Labute approximate surface area is 94.4 Å². The first-order valence-electron chi connectivity index (χ1n) is 5.92. The molecule has 4 nitrogen and oxygen atoms in total. The number of hydrogen-bond acceptors (Lipinski definition) is 3. The van der Waals surface area contributed by atoms with Crippen molar-refractivity contribution in [2.24, 2.45) is 0 Å². The highest BCUT2D eigenvalue weighted by atomic mass is 16.5. The molecule has 0 bridgehead atoms. The molecule has 0 amide bonds. The number of aromatic nitrogens is 1. The first-order chi connectivity index (χ1) is 7.74. The minimum absolute atomic E-state index is 0.135. The van der Waals surface area contributed by atoms with Crippen LogP contribution in [0.1, 0.15) is 48.6 Å². The van der Waals surface area contributed by atoms with Crippen molar-refractivity contribution in [2.75, 3.05) is 5.73 Å². The Kier molecular flexibility index (Phi) is 2.16. The Morgan fingerprint density at radius 3 is 2.69 bits per heavy atom. The lowest BCUT2D eigenvalue weighted by Gasteiger charge is -2.25. The first-order valence-corrected chi connectivity index (χ1v) is 5.92. The fraction of sp³-hybridized carbons (Fsp3) is 0.583. The van der Waals surface area contributed by atoms with E-state index in [1.54, 1.807) is 6.07 Å². The van der Waals surface area contributed by atoms with Crippen LogP contribution in [0.5, 0.6) is 0 Å². The molecule has 86 valence electrons. The molecule has 0 aliphatic heterocycles. The lowest BCUT2D eigenvalue weighted by Crippen LogP contribution is -2.26. The lowest BCUT2D eigenvalue weighted by atomic mass is 9.96. The summed E-state index contributed by atoms with van der Waals surface area (Å²) >= 11 is 0. The molecule has 1 aromatic rings. The van der Waals surface area contributed by atoms with E-state index in [9.17, 15) is 4.79 Å². The van der Waals surface area contributed by atoms with E-state index in [1.165, 1.54) is 6.42 Å². The number of ether oxygens (including phenoxy) is 1. The first kappa shape index (κ1) is 9.75. The van der Waals surface area contributed by atoms with Crippen LogP contribution in [0.2, 0.25) is 0 Å². The monoisotopic (exact) mass is 220 g/mol. The van der Waals surface area contributed by atoms with Gasteiger partial charge in [-0.3, -0.25) is 0 Å². The second kappa shape index (κ2) is 3.54. The van der Waals surface area contributed by atoms with Crippen molar-refractivity contribution in [3.63, 3.8) is 0 Å². The van der Waals surface area contributed by atoms with Gasteiger partial charge in [-0.05, 0) is 38.2 Å². The quantitative estimate of drug-likeness (QED) is 0.794. The second-order valence-electron chi connectivity index (χ2n) is 4.76. The van der Waals surface area contributed by atoms with Gasteiger partial charge in [0.05, 0.1) is 5.69 Å². The van der Waals surface area contributed by atoms with Gasteiger partial charge in [-0.15, -0.1) is 0 Å². The van der Waals surface area contributed by atoms with Crippen LogP contribution in [0.3, 0.4) is 0 Å². The van der Waals surface area contributed by atoms with E-state index in [-0.39, 0.29) is 12.1 Å². The summed E-state index contributed by atoms with van der Waals surface area (Å²) < 4.78 is 7.36. The van der Waals surface area contributed by atoms with Gasteiger partial charge in [0, 0.05) is 12.2 Å². The van der Waals surface area contributed by atoms with Gasteiger partial charge in [0.2, 0.25) is 0 Å². The fourth-order valence-electron chi connectivity index (χ4n) is 2.02. The molecule has 16 heavy (non-hydrogen) atoms. The molecule has 3 rings (SSSR count). The molecule has 2 aliphatic rings. The number of carbonyl (C=O) groups is 1. The van der Waals surface area contributed by atoms with Crippen LogP contribution < -0.4 is 5.73 Å². The van der Waals surface area contributed by atoms with Crippen molar-refractivity contribution in [3.05, 3.63) is 18.0 Å². The number of nitrogens with zero attached hydrogens (tertiary/aromatic N) is 1. The van der Waals surface area contributed by atoms with Gasteiger partial charge in [0.15, 0.2) is 0 Å². The highest BCUT2D eigenvalue weighted by Gasteiger charge is 2.30. The fourth-order valence-corrected chi connectivity index (χ4v) is 2.02. The van der Waals surface area contributed by atoms with Crippen LogP contribution in [-0.2, 0) is 4.74 Å². The smallest absolute Gasteiger partial charge is 0.355 e. The predicted octanol–water partition coefficient (Wildman–Crippen LogP) is 2.11. The molecule has 0 saturated heterocycles. The van der Waals surface area contributed by atoms with Crippen LogP contribution in [-0.4, -0.2) is 16.6 Å². The van der Waals surface area contributed by atoms with Gasteiger partial charge < -0.3 is 15.0 Å². The molecule has 0 aromatic carbocycles. The van der Waals surface area contributed by atoms with Gasteiger partial charge in [0.25, 0.3) is 0 Å². The minimum atomic E-state index is -0.215. The van der Waals surface area contributed by atoms with Crippen molar-refractivity contribution in [1.82, 2.24) is 4.57 Å². The summed E-state index contributed by atoms with van der Waals surface area (Å²) in [4.78, 5) is 11.9. The maximum absolute atomic E-state index is 11.9. The second-order valence-corrected chi connectivity index (χ2v) is 4.76. The van der Waals surface area contributed by atoms with E-state index < -0.39 is 0 Å². The molecule has 0 atom stereocenters. The van der Waals surface area contributed by atoms with Gasteiger partial charge in [-0.2, -0.15) is 0 Å². The van der Waals surface area contributed by atoms with Crippen molar-refractivity contribution in [2.45, 2.75) is 44.2 Å². The Hall–Kier alpha value is -1.45. The zero-order valence-corrected chi connectivity index (χ0v) is 9.19. The number of rotatable bonds is 3. The maximum Gasteiger partial charge on any atom is 0.355 e. The molecular formula is C12H16N2O2. The maximum atomic E-state index is 11.9. The standard InChI is InChI=1S/C12H16N2O2/c13-8-6-11(14(7-8)9-4-5-9)12(15)16-10-2-1-3-10/h6-7,9-10H,1-5,13H2. The SMILES string of the molecule is Nc1cc(C(=O)OC2CCC2)n(C2CC2)c1. The van der Waals surface area contributed by atoms with Crippen LogP contribution >= 0.6 is 0 Å². The van der Waals surface area contributed by atoms with Crippen LogP contribution in [0.4, 0.5) is 5.69 Å². The zero-order chi connectivity index (χ0) is 11.1. The van der Waals surface area contributed by atoms with Crippen molar-refractivity contribution < 1.29 is 9.53 Å². The molecular weight excluding hydrogens is 204 g/mol. The van der Waals surface area contributed by atoms with Crippen LogP contribution in [0.15, 0.2) is 12.3 Å². The van der Waals surface area contributed by atoms with Gasteiger partial charge >= 0.3 is 5.97 Å². The summed E-state index contributed by atoms with van der Waals surface area (Å²) in [7, 11) is 0. The average molecular weight is 220 g/mol. The molecule has 2 aliphatic carbocycles. The highest BCUT2D eigenvalue weighted by Crippen LogP contribution is 2.37. The third kappa shape index (κ3) is 1.68. The summed E-state index contributed by atoms with van der Waals surface area (Å²) in [5.74, 6) is -0.215. The number of hydrogen-bond donors (Lipinski definition) is 1. The van der Waals surface area contributed by atoms with E-state index >= 15 is 0 Å². The van der Waals surface area contributed by atoms with E-state index in [2.05, 4.69) is 0 Å². The van der Waals surface area contributed by atoms with Crippen molar-refractivity contribution in [1.29, 1.82) is 0 Å². The number of esters is 1. The topological polar surface area (TPSA) is 57.3 Å². The van der Waals surface area contributed by atoms with Crippen LogP contribution in [0, 0.1) is 0 Å². The Morgan fingerprint density at radius 1 is 1.38 bits per heavy atom. The third-order valence-electron chi connectivity index (χ3n) is 3.35. The van der Waals surface area contributed by atoms with E-state index in [0.29, 0.717) is 17.4 Å². The number of nitrogen functional groups attached to an aromatic ring is 1. The summed E-state index contributed by atoms with van der Waals surface area (Å²) in [5.41, 5.74) is 6.99. The van der Waals surface area contributed by atoms with Gasteiger partial charge in [0.1, 0.15) is 11.8 Å². The molecule has 2 fully saturated rings. The normalized spacial score (nSPS) is 20.5. The van der Waals surface area contributed by atoms with Crippen molar-refractivity contribution in [3.8, 4) is 0 Å². The Morgan fingerprint density at radius 2 is 2.12 bits per heavy atom. The molecule has 2 saturated carbocycles. The summed E-state index contributed by atoms with van der Waals surface area (Å²) in [5, 5.41) is 0. The summed E-state index contributed by atoms with van der Waals surface area (Å²) in [6.07, 6.45) is 7.43. The zero-order valence-electron chi connectivity index (χ0n) is 9.19. The molecule has 0 radical (unpaired) electrons. The Bertz CT molecular complexity index is 417. The summed E-state index contributed by atoms with van der Waals surface area (Å²) in [6, 6.07) is 2.18. The number of anilines is 1. The van der Waals surface area contributed by atoms with E-state index in [4.69, 9.17) is 10.5 Å². The van der Waals surface area contributed by atoms with Gasteiger partial charge in [-0.1, -0.05) is 0 Å². The van der Waals surface area contributed by atoms with Crippen LogP contribution in [0.25, 0.3) is 0 Å². The minimum Gasteiger partial charge on any atom is -0.458 e. The average Bonchev–Trinajstić information content (AvgIpc) is 2.96. The molecule has 0 spiro atoms. The summed E-state index contributed by atoms with van der Waals surface area (Å²) in [6.45, 7) is 0. The lowest BCUT2D eigenvalue weighted by molar-refractivity contribution is 0.00785. The highest BCUT2D eigenvalue weighted by molar-refractivity contribution is 5.89. The number of carbonyl (C=O) groups excluding carboxylic acids is 1. The predicted molar refractivity (Wildman–Crippen MR) is 60.2 cm³/mol. The molecule has 1 aromatic heterocycles.